The van der Waals surface area contributed by atoms with Crippen molar-refractivity contribution in [3.05, 3.63) is 102 Å². The van der Waals surface area contributed by atoms with Crippen molar-refractivity contribution in [3.63, 3.8) is 0 Å². The van der Waals surface area contributed by atoms with Crippen molar-refractivity contribution in [2.45, 2.75) is 44.8 Å². The van der Waals surface area contributed by atoms with E-state index in [0.29, 0.717) is 24.9 Å². The van der Waals surface area contributed by atoms with Gasteiger partial charge in [0.25, 0.3) is 5.91 Å². The molecule has 8 nitrogen and oxygen atoms in total. The van der Waals surface area contributed by atoms with Crippen LogP contribution in [0, 0.1) is 0 Å². The maximum atomic E-state index is 13.1. The van der Waals surface area contributed by atoms with Gasteiger partial charge in [0.2, 0.25) is 11.8 Å². The zero-order valence-corrected chi connectivity index (χ0v) is 22.3. The molecular formula is C31H36N4O4. The van der Waals surface area contributed by atoms with Gasteiger partial charge in [0, 0.05) is 37.3 Å². The lowest BCUT2D eigenvalue weighted by molar-refractivity contribution is -0.122. The average Bonchev–Trinajstić information content (AvgIpc) is 3.39. The number of hydrazine groups is 1. The van der Waals surface area contributed by atoms with E-state index in [9.17, 15) is 19.5 Å². The molecule has 8 heteroatoms. The molecule has 1 saturated heterocycles. The number of amides is 3. The molecule has 1 aliphatic rings. The summed E-state index contributed by atoms with van der Waals surface area (Å²) in [7, 11) is 0. The number of nitrogens with zero attached hydrogens (tertiary/aromatic N) is 2. The van der Waals surface area contributed by atoms with Crippen molar-refractivity contribution < 1.29 is 19.5 Å². The molecule has 0 unspecified atom stereocenters. The van der Waals surface area contributed by atoms with Crippen LogP contribution >= 0.6 is 0 Å². The van der Waals surface area contributed by atoms with Crippen molar-refractivity contribution in [2.75, 3.05) is 24.5 Å². The average molecular weight is 529 g/mol. The molecule has 3 N–H and O–H groups in total. The molecule has 0 saturated carbocycles. The SMILES string of the molecule is CCN(C[C@@H](O)[C@H](Cc1ccccc1)NC(=O)Cc1ccc(N2CCCC2=O)cc1)NC(=O)c1ccccc1. The maximum absolute atomic E-state index is 13.1. The molecule has 1 heterocycles. The highest BCUT2D eigenvalue weighted by molar-refractivity contribution is 5.95. The van der Waals surface area contributed by atoms with Crippen LogP contribution in [0.5, 0.6) is 0 Å². The molecule has 2 atom stereocenters. The van der Waals surface area contributed by atoms with Gasteiger partial charge in [0.05, 0.1) is 18.6 Å². The van der Waals surface area contributed by atoms with E-state index >= 15 is 0 Å². The minimum atomic E-state index is -0.936. The van der Waals surface area contributed by atoms with Crippen LogP contribution in [0.25, 0.3) is 0 Å². The van der Waals surface area contributed by atoms with Crippen LogP contribution in [0.15, 0.2) is 84.9 Å². The third-order valence-corrected chi connectivity index (χ3v) is 6.88. The summed E-state index contributed by atoms with van der Waals surface area (Å²) >= 11 is 0. The summed E-state index contributed by atoms with van der Waals surface area (Å²) in [6.07, 6.45) is 1.08. The predicted octanol–water partition coefficient (Wildman–Crippen LogP) is 3.11. The Morgan fingerprint density at radius 2 is 1.62 bits per heavy atom. The number of likely N-dealkylation sites (N-methyl/N-ethyl adjacent to an activating group) is 1. The Bertz CT molecular complexity index is 1230. The fraction of sp³-hybridized carbons (Fsp3) is 0.323. The Morgan fingerprint density at radius 1 is 0.949 bits per heavy atom. The number of hydrogen-bond acceptors (Lipinski definition) is 5. The predicted molar refractivity (Wildman–Crippen MR) is 151 cm³/mol. The third-order valence-electron chi connectivity index (χ3n) is 6.88. The van der Waals surface area contributed by atoms with Crippen LogP contribution in [-0.4, -0.2) is 59.6 Å². The number of rotatable bonds is 12. The first-order chi connectivity index (χ1) is 18.9. The van der Waals surface area contributed by atoms with Gasteiger partial charge in [-0.2, -0.15) is 0 Å². The van der Waals surface area contributed by atoms with E-state index in [0.717, 1.165) is 29.8 Å². The lowest BCUT2D eigenvalue weighted by Gasteiger charge is -2.30. The molecular weight excluding hydrogens is 492 g/mol. The quantitative estimate of drug-likeness (QED) is 0.314. The van der Waals surface area contributed by atoms with Crippen molar-refractivity contribution in [3.8, 4) is 0 Å². The highest BCUT2D eigenvalue weighted by Crippen LogP contribution is 2.21. The first kappa shape index (κ1) is 28.0. The van der Waals surface area contributed by atoms with Crippen LogP contribution < -0.4 is 15.6 Å². The molecule has 1 fully saturated rings. The minimum absolute atomic E-state index is 0.124. The van der Waals surface area contributed by atoms with Crippen LogP contribution in [-0.2, 0) is 22.4 Å². The van der Waals surface area contributed by atoms with Crippen molar-refractivity contribution >= 4 is 23.4 Å². The first-order valence-corrected chi connectivity index (χ1v) is 13.4. The third kappa shape index (κ3) is 7.99. The highest BCUT2D eigenvalue weighted by Gasteiger charge is 2.25. The van der Waals surface area contributed by atoms with Crippen molar-refractivity contribution in [1.82, 2.24) is 15.8 Å². The number of carbonyl (C=O) groups excluding carboxylic acids is 3. The number of hydrogen-bond donors (Lipinski definition) is 3. The monoisotopic (exact) mass is 528 g/mol. The molecule has 0 spiro atoms. The molecule has 3 aromatic carbocycles. The summed E-state index contributed by atoms with van der Waals surface area (Å²) < 4.78 is 0. The van der Waals surface area contributed by atoms with Crippen LogP contribution in [0.2, 0.25) is 0 Å². The number of anilines is 1. The molecule has 0 aliphatic carbocycles. The Hall–Kier alpha value is -4.01. The normalized spacial score (nSPS) is 14.7. The van der Waals surface area contributed by atoms with E-state index in [-0.39, 0.29) is 30.7 Å². The van der Waals surface area contributed by atoms with Crippen LogP contribution in [0.3, 0.4) is 0 Å². The van der Waals surface area contributed by atoms with Gasteiger partial charge < -0.3 is 15.3 Å². The van der Waals surface area contributed by atoms with Gasteiger partial charge in [-0.15, -0.1) is 0 Å². The topological polar surface area (TPSA) is 102 Å². The Morgan fingerprint density at radius 3 is 2.23 bits per heavy atom. The van der Waals surface area contributed by atoms with E-state index in [1.165, 1.54) is 0 Å². The summed E-state index contributed by atoms with van der Waals surface area (Å²) in [5.41, 5.74) is 6.03. The summed E-state index contributed by atoms with van der Waals surface area (Å²) in [6, 6.07) is 25.5. The Balaban J connectivity index is 1.40. The van der Waals surface area contributed by atoms with Gasteiger partial charge in [0.15, 0.2) is 0 Å². The summed E-state index contributed by atoms with van der Waals surface area (Å²) in [6.45, 7) is 3.24. The molecule has 1 aliphatic heterocycles. The largest absolute Gasteiger partial charge is 0.390 e. The maximum Gasteiger partial charge on any atom is 0.265 e. The zero-order chi connectivity index (χ0) is 27.6. The molecule has 204 valence electrons. The highest BCUT2D eigenvalue weighted by atomic mass is 16.3. The van der Waals surface area contributed by atoms with E-state index in [2.05, 4.69) is 10.7 Å². The minimum Gasteiger partial charge on any atom is -0.390 e. The number of aliphatic hydroxyl groups excluding tert-OH is 1. The van der Waals surface area contributed by atoms with Crippen molar-refractivity contribution in [1.29, 1.82) is 0 Å². The second-order valence-corrected chi connectivity index (χ2v) is 9.77. The van der Waals surface area contributed by atoms with Crippen LogP contribution in [0.4, 0.5) is 5.69 Å². The number of carbonyl (C=O) groups is 3. The smallest absolute Gasteiger partial charge is 0.265 e. The lowest BCUT2D eigenvalue weighted by atomic mass is 10.00. The second kappa shape index (κ2) is 13.7. The fourth-order valence-electron chi connectivity index (χ4n) is 4.71. The Labute approximate surface area is 229 Å². The van der Waals surface area contributed by atoms with Crippen LogP contribution in [0.1, 0.15) is 41.3 Å². The van der Waals surface area contributed by atoms with E-state index in [1.807, 2.05) is 67.6 Å². The van der Waals surface area contributed by atoms with E-state index < -0.39 is 12.1 Å². The zero-order valence-electron chi connectivity index (χ0n) is 22.3. The molecule has 3 aromatic rings. The van der Waals surface area contributed by atoms with Gasteiger partial charge in [-0.1, -0.05) is 67.6 Å². The van der Waals surface area contributed by atoms with E-state index in [1.54, 1.807) is 34.2 Å². The molecule has 0 radical (unpaired) electrons. The fourth-order valence-corrected chi connectivity index (χ4v) is 4.71. The molecule has 4 rings (SSSR count). The lowest BCUT2D eigenvalue weighted by Crippen LogP contribution is -2.53. The van der Waals surface area contributed by atoms with Gasteiger partial charge in [0.1, 0.15) is 0 Å². The van der Waals surface area contributed by atoms with Crippen molar-refractivity contribution in [2.24, 2.45) is 0 Å². The summed E-state index contributed by atoms with van der Waals surface area (Å²) in [5, 5.41) is 15.9. The second-order valence-electron chi connectivity index (χ2n) is 9.77. The van der Waals surface area contributed by atoms with Gasteiger partial charge in [-0.05, 0) is 48.2 Å². The first-order valence-electron chi connectivity index (χ1n) is 13.4. The summed E-state index contributed by atoms with van der Waals surface area (Å²) in [5.74, 6) is -0.344. The number of nitrogens with one attached hydrogen (secondary N) is 2. The molecule has 39 heavy (non-hydrogen) atoms. The molecule has 3 amide bonds. The summed E-state index contributed by atoms with van der Waals surface area (Å²) in [4.78, 5) is 39.5. The van der Waals surface area contributed by atoms with Gasteiger partial charge >= 0.3 is 0 Å². The molecule has 0 aromatic heterocycles. The molecule has 0 bridgehead atoms. The van der Waals surface area contributed by atoms with Gasteiger partial charge in [-0.25, -0.2) is 5.01 Å². The number of benzene rings is 3. The Kier molecular flexibility index (Phi) is 9.83. The number of aliphatic hydroxyl groups is 1. The van der Waals surface area contributed by atoms with Gasteiger partial charge in [-0.3, -0.25) is 19.8 Å². The standard InChI is InChI=1S/C31H36N4O4/c1-2-34(33-31(39)25-12-7-4-8-13-25)22-28(36)27(20-23-10-5-3-6-11-23)32-29(37)21-24-15-17-26(18-16-24)35-19-9-14-30(35)38/h3-8,10-13,15-18,27-28,36H,2,9,14,19-22H2,1H3,(H,32,37)(H,33,39)/t27-,28+/m0/s1. The van der Waals surface area contributed by atoms with E-state index in [4.69, 9.17) is 0 Å².